The van der Waals surface area contributed by atoms with E-state index >= 15 is 0 Å². The van der Waals surface area contributed by atoms with Gasteiger partial charge in [-0.25, -0.2) is 4.39 Å². The number of rotatable bonds is 3. The zero-order chi connectivity index (χ0) is 14.5. The molecule has 5 heteroatoms. The third kappa shape index (κ3) is 3.27. The van der Waals surface area contributed by atoms with E-state index in [2.05, 4.69) is 15.9 Å². The van der Waals surface area contributed by atoms with Crippen LogP contribution in [-0.4, -0.2) is 48.8 Å². The lowest BCUT2D eigenvalue weighted by Crippen LogP contribution is -2.38. The topological polar surface area (TPSA) is 50.5 Å². The predicted molar refractivity (Wildman–Crippen MR) is 76.1 cm³/mol. The van der Waals surface area contributed by atoms with Crippen molar-refractivity contribution in [2.24, 2.45) is 0 Å². The van der Waals surface area contributed by atoms with Gasteiger partial charge >= 0.3 is 0 Å². The molecule has 0 unspecified atom stereocenters. The molecule has 1 heterocycles. The first kappa shape index (κ1) is 14.8. The zero-order valence-electron chi connectivity index (χ0n) is 11.7. The average molecular weight is 277 g/mol. The molecule has 0 bridgehead atoms. The molecule has 0 saturated carbocycles. The van der Waals surface area contributed by atoms with Gasteiger partial charge in [0.2, 0.25) is 0 Å². The molecule has 0 amide bonds. The highest BCUT2D eigenvalue weighted by atomic mass is 19.1. The van der Waals surface area contributed by atoms with E-state index in [1.807, 2.05) is 6.92 Å². The Bertz CT molecular complexity index is 500. The molecule has 1 saturated heterocycles. The monoisotopic (exact) mass is 277 g/mol. The molecule has 2 rings (SSSR count). The second-order valence-electron chi connectivity index (χ2n) is 5.18. The van der Waals surface area contributed by atoms with E-state index < -0.39 is 0 Å². The molecule has 0 aliphatic carbocycles. The molecule has 1 aliphatic rings. The summed E-state index contributed by atoms with van der Waals surface area (Å²) >= 11 is 0. The number of aliphatic hydroxyl groups is 1. The molecule has 4 nitrogen and oxygen atoms in total. The maximum absolute atomic E-state index is 13.2. The number of hydrogen-bond donors (Lipinski definition) is 1. The highest BCUT2D eigenvalue weighted by Crippen LogP contribution is 2.22. The third-order valence-electron chi connectivity index (χ3n) is 3.84. The maximum Gasteiger partial charge on any atom is 0.124 e. The highest BCUT2D eigenvalue weighted by molar-refractivity contribution is 5.59. The van der Waals surface area contributed by atoms with Crippen LogP contribution in [-0.2, 0) is 0 Å². The molecule has 0 radical (unpaired) electrons. The fourth-order valence-corrected chi connectivity index (χ4v) is 2.61. The largest absolute Gasteiger partial charge is 0.395 e. The van der Waals surface area contributed by atoms with Crippen LogP contribution in [0.15, 0.2) is 18.2 Å². The Hall–Kier alpha value is -1.64. The van der Waals surface area contributed by atoms with Gasteiger partial charge < -0.3 is 10.0 Å². The molecule has 108 valence electrons. The van der Waals surface area contributed by atoms with Crippen LogP contribution in [0.4, 0.5) is 10.1 Å². The normalized spacial score (nSPS) is 18.4. The Balaban J connectivity index is 2.13. The molecule has 1 aliphatic heterocycles. The Kier molecular flexibility index (Phi) is 4.94. The smallest absolute Gasteiger partial charge is 0.124 e. The molecular formula is C15H20FN3O. The van der Waals surface area contributed by atoms with Crippen molar-refractivity contribution < 1.29 is 9.50 Å². The van der Waals surface area contributed by atoms with E-state index in [-0.39, 0.29) is 18.5 Å². The van der Waals surface area contributed by atoms with Crippen molar-refractivity contribution in [1.82, 2.24) is 4.90 Å². The first-order chi connectivity index (χ1) is 9.65. The summed E-state index contributed by atoms with van der Waals surface area (Å²) in [6.45, 7) is 5.55. The van der Waals surface area contributed by atoms with Gasteiger partial charge in [-0.15, -0.1) is 0 Å². The number of anilines is 1. The number of halogens is 1. The summed E-state index contributed by atoms with van der Waals surface area (Å²) in [6, 6.07) is 6.58. The average Bonchev–Trinajstić information content (AvgIpc) is 2.72. The van der Waals surface area contributed by atoms with Gasteiger partial charge in [0, 0.05) is 32.2 Å². The standard InChI is InChI=1S/C15H20FN3O/c1-12(11-20)18-5-2-6-19(8-7-18)15-4-3-14(16)9-13(15)10-17/h3-4,9,12,20H,2,5-8,11H2,1H3/t12-/m0/s1. The summed E-state index contributed by atoms with van der Waals surface area (Å²) < 4.78 is 13.2. The number of nitriles is 1. The highest BCUT2D eigenvalue weighted by Gasteiger charge is 2.20. The lowest BCUT2D eigenvalue weighted by atomic mass is 10.1. The van der Waals surface area contributed by atoms with Gasteiger partial charge in [-0.1, -0.05) is 0 Å². The van der Waals surface area contributed by atoms with Gasteiger partial charge in [0.15, 0.2) is 0 Å². The van der Waals surface area contributed by atoms with Crippen molar-refractivity contribution in [3.63, 3.8) is 0 Å². The van der Waals surface area contributed by atoms with Crippen LogP contribution < -0.4 is 4.90 Å². The minimum Gasteiger partial charge on any atom is -0.395 e. The number of benzene rings is 1. The second-order valence-corrected chi connectivity index (χ2v) is 5.18. The summed E-state index contributed by atoms with van der Waals surface area (Å²) in [6.07, 6.45) is 0.965. The Morgan fingerprint density at radius 3 is 2.85 bits per heavy atom. The summed E-state index contributed by atoms with van der Waals surface area (Å²) in [5.41, 5.74) is 1.18. The molecule has 1 N–H and O–H groups in total. The van der Waals surface area contributed by atoms with Crippen LogP contribution in [0.2, 0.25) is 0 Å². The van der Waals surface area contributed by atoms with E-state index in [1.54, 1.807) is 6.07 Å². The van der Waals surface area contributed by atoms with Crippen molar-refractivity contribution in [3.05, 3.63) is 29.6 Å². The van der Waals surface area contributed by atoms with Crippen LogP contribution in [0.25, 0.3) is 0 Å². The molecule has 0 spiro atoms. The first-order valence-electron chi connectivity index (χ1n) is 6.95. The lowest BCUT2D eigenvalue weighted by Gasteiger charge is -2.27. The number of nitrogens with zero attached hydrogens (tertiary/aromatic N) is 3. The molecule has 1 atom stereocenters. The van der Waals surface area contributed by atoms with Crippen LogP contribution in [0.5, 0.6) is 0 Å². The number of aliphatic hydroxyl groups excluding tert-OH is 1. The van der Waals surface area contributed by atoms with Gasteiger partial charge in [-0.2, -0.15) is 5.26 Å². The van der Waals surface area contributed by atoms with E-state index in [0.717, 1.165) is 38.3 Å². The lowest BCUT2D eigenvalue weighted by molar-refractivity contribution is 0.141. The van der Waals surface area contributed by atoms with E-state index in [0.29, 0.717) is 5.56 Å². The van der Waals surface area contributed by atoms with Gasteiger partial charge in [0.1, 0.15) is 11.9 Å². The summed E-state index contributed by atoms with van der Waals surface area (Å²) in [7, 11) is 0. The van der Waals surface area contributed by atoms with Crippen molar-refractivity contribution in [2.75, 3.05) is 37.7 Å². The Labute approximate surface area is 119 Å². The summed E-state index contributed by atoms with van der Waals surface area (Å²) in [5.74, 6) is -0.379. The quantitative estimate of drug-likeness (QED) is 0.911. The Morgan fingerprint density at radius 2 is 2.15 bits per heavy atom. The molecule has 1 aromatic carbocycles. The van der Waals surface area contributed by atoms with Gasteiger partial charge in [-0.05, 0) is 31.5 Å². The fourth-order valence-electron chi connectivity index (χ4n) is 2.61. The first-order valence-corrected chi connectivity index (χ1v) is 6.95. The maximum atomic E-state index is 13.2. The summed E-state index contributed by atoms with van der Waals surface area (Å²) in [5, 5.41) is 18.4. The molecule has 20 heavy (non-hydrogen) atoms. The third-order valence-corrected chi connectivity index (χ3v) is 3.84. The van der Waals surface area contributed by atoms with Gasteiger partial charge in [0.05, 0.1) is 17.9 Å². The SMILES string of the molecule is C[C@@H](CO)N1CCCN(c2ccc(F)cc2C#N)CC1. The minimum absolute atomic E-state index is 0.151. The molecule has 1 aromatic rings. The second kappa shape index (κ2) is 6.69. The van der Waals surface area contributed by atoms with Gasteiger partial charge in [-0.3, -0.25) is 4.90 Å². The summed E-state index contributed by atoms with van der Waals surface area (Å²) in [4.78, 5) is 4.37. The van der Waals surface area contributed by atoms with E-state index in [4.69, 9.17) is 5.26 Å². The van der Waals surface area contributed by atoms with Crippen LogP contribution in [0.1, 0.15) is 18.9 Å². The fraction of sp³-hybridized carbons (Fsp3) is 0.533. The van der Waals surface area contributed by atoms with Crippen molar-refractivity contribution >= 4 is 5.69 Å². The van der Waals surface area contributed by atoms with Crippen LogP contribution in [0, 0.1) is 17.1 Å². The zero-order valence-corrected chi connectivity index (χ0v) is 11.7. The van der Waals surface area contributed by atoms with E-state index in [1.165, 1.54) is 12.1 Å². The molecule has 0 aromatic heterocycles. The van der Waals surface area contributed by atoms with E-state index in [9.17, 15) is 9.50 Å². The van der Waals surface area contributed by atoms with Crippen LogP contribution >= 0.6 is 0 Å². The Morgan fingerprint density at radius 1 is 1.35 bits per heavy atom. The molecule has 1 fully saturated rings. The van der Waals surface area contributed by atoms with Crippen LogP contribution in [0.3, 0.4) is 0 Å². The van der Waals surface area contributed by atoms with Crippen molar-refractivity contribution in [2.45, 2.75) is 19.4 Å². The van der Waals surface area contributed by atoms with Crippen molar-refractivity contribution in [1.29, 1.82) is 5.26 Å². The predicted octanol–water partition coefficient (Wildman–Crippen LogP) is 1.59. The minimum atomic E-state index is -0.379. The number of hydrogen-bond acceptors (Lipinski definition) is 4. The van der Waals surface area contributed by atoms with Crippen molar-refractivity contribution in [3.8, 4) is 6.07 Å². The van der Waals surface area contributed by atoms with Gasteiger partial charge in [0.25, 0.3) is 0 Å². The molecular weight excluding hydrogens is 257 g/mol.